The second-order valence-corrected chi connectivity index (χ2v) is 13.2. The number of carbonyl (C=O) groups is 1. The summed E-state index contributed by atoms with van der Waals surface area (Å²) in [6.07, 6.45) is -4.95. The maximum atomic E-state index is 12.4. The van der Waals surface area contributed by atoms with Crippen molar-refractivity contribution >= 4 is 21.4 Å². The number of ether oxygens (including phenoxy) is 2. The summed E-state index contributed by atoms with van der Waals surface area (Å²) in [4.78, 5) is 86.9. The molecule has 45 heavy (non-hydrogen) atoms. The van der Waals surface area contributed by atoms with Crippen molar-refractivity contribution < 1.29 is 62.4 Å². The summed E-state index contributed by atoms with van der Waals surface area (Å²) >= 11 is 0. The summed E-state index contributed by atoms with van der Waals surface area (Å²) in [7, 11) is -9.02. The number of carboxylic acid groups (broad SMARTS) is 1. The molecule has 21 nitrogen and oxygen atoms in total. The van der Waals surface area contributed by atoms with Crippen LogP contribution in [0.2, 0.25) is 0 Å². The molecule has 2 aromatic heterocycles. The van der Waals surface area contributed by atoms with Crippen LogP contribution in [0.3, 0.4) is 0 Å². The minimum Gasteiger partial charge on any atom is -0.481 e. The average molecular weight is 686 g/mol. The van der Waals surface area contributed by atoms with Gasteiger partial charge in [-0.2, -0.15) is 0 Å². The molecule has 4 heterocycles. The largest absolute Gasteiger partial charge is 0.481 e. The Bertz CT molecular complexity index is 1610. The first-order valence-electron chi connectivity index (χ1n) is 13.0. The minimum atomic E-state index is -4.70. The molecule has 0 spiro atoms. The third kappa shape index (κ3) is 10.2. The molecule has 4 rings (SSSR count). The third-order valence-corrected chi connectivity index (χ3v) is 8.10. The molecule has 23 heteroatoms. The number of aliphatic hydroxyl groups is 2. The molecule has 6 atom stereocenters. The Balaban J connectivity index is 0.000000610. The number of aromatic amines is 2. The lowest BCUT2D eigenvalue weighted by atomic mass is 10.2. The Morgan fingerprint density at radius 3 is 1.53 bits per heavy atom. The van der Waals surface area contributed by atoms with E-state index in [4.69, 9.17) is 33.4 Å². The van der Waals surface area contributed by atoms with Crippen LogP contribution in [0.25, 0.3) is 0 Å². The second-order valence-electron chi connectivity index (χ2n) is 10.1. The number of H-pyrrole nitrogens is 2. The van der Waals surface area contributed by atoms with Crippen LogP contribution in [-0.4, -0.2) is 98.9 Å². The first-order valence-corrected chi connectivity index (χ1v) is 16.2. The van der Waals surface area contributed by atoms with Crippen LogP contribution in [0.5, 0.6) is 0 Å². The van der Waals surface area contributed by atoms with E-state index in [1.807, 2.05) is 0 Å². The van der Waals surface area contributed by atoms with Gasteiger partial charge in [-0.3, -0.25) is 47.1 Å². The highest BCUT2D eigenvalue weighted by Gasteiger charge is 2.40. The van der Waals surface area contributed by atoms with Gasteiger partial charge < -0.3 is 39.5 Å². The summed E-state index contributed by atoms with van der Waals surface area (Å²) in [6, 6.07) is 0. The van der Waals surface area contributed by atoms with Gasteiger partial charge in [-0.25, -0.2) is 14.2 Å². The summed E-state index contributed by atoms with van der Waals surface area (Å²) < 4.78 is 45.3. The molecule has 0 radical (unpaired) electrons. The van der Waals surface area contributed by atoms with Crippen molar-refractivity contribution in [3.05, 3.63) is 65.2 Å². The highest BCUT2D eigenvalue weighted by atomic mass is 31.2. The Kier molecular flexibility index (Phi) is 11.8. The number of phosphoric acid groups is 1. The SMILES string of the molecule is Cc1cn([C@H]2C[C@H](O)[C@@H](COP(=O)(O)OC[C@H]3O[C@@H](n4cc(C)c(=O)[nH]c4=O)C[C@@H]3O)O2)c(=O)[nH]c1=O.O=C(O)CP(=O)(O)O. The maximum Gasteiger partial charge on any atom is 0.472 e. The van der Waals surface area contributed by atoms with E-state index in [0.717, 1.165) is 9.13 Å². The molecular weight excluding hydrogens is 654 g/mol. The number of carboxylic acids is 1. The molecule has 0 bridgehead atoms. The van der Waals surface area contributed by atoms with Crippen molar-refractivity contribution in [1.82, 2.24) is 19.1 Å². The van der Waals surface area contributed by atoms with Crippen LogP contribution in [0.1, 0.15) is 36.4 Å². The standard InChI is InChI=1S/C20H27N4O12P.C2H5O5P/c1-9-5-23(19(29)21-17(9)27)15-3-11(25)13(35-15)7-33-37(31,32)34-8-14-12(26)4-16(36-14)24-6-10(2)18(28)22-20(24)30;3-2(4)1-8(5,6)7/h5-6,11-16,25-26H,3-4,7-8H2,1-2H3,(H,31,32)(H,21,27,29)(H,22,28,30);1H2,(H,3,4)(H2,5,6,7)/t11-,12-,13+,14+,15+,16+;/m0./s1. The zero-order valence-electron chi connectivity index (χ0n) is 23.6. The van der Waals surface area contributed by atoms with E-state index in [1.54, 1.807) is 0 Å². The third-order valence-electron chi connectivity index (χ3n) is 6.47. The van der Waals surface area contributed by atoms with Gasteiger partial charge in [-0.1, -0.05) is 0 Å². The molecule has 0 unspecified atom stereocenters. The van der Waals surface area contributed by atoms with Crippen LogP contribution < -0.4 is 22.5 Å². The number of hydrogen-bond acceptors (Lipinski definition) is 13. The zero-order valence-corrected chi connectivity index (χ0v) is 25.4. The number of rotatable bonds is 10. The van der Waals surface area contributed by atoms with Crippen LogP contribution in [0.4, 0.5) is 0 Å². The van der Waals surface area contributed by atoms with Gasteiger partial charge in [0.25, 0.3) is 11.1 Å². The van der Waals surface area contributed by atoms with E-state index in [9.17, 15) is 48.2 Å². The summed E-state index contributed by atoms with van der Waals surface area (Å²) in [6.45, 7) is 1.86. The van der Waals surface area contributed by atoms with Gasteiger partial charge in [0.1, 0.15) is 30.8 Å². The van der Waals surface area contributed by atoms with Gasteiger partial charge in [0.15, 0.2) is 0 Å². The highest BCUT2D eigenvalue weighted by Crippen LogP contribution is 2.45. The lowest BCUT2D eigenvalue weighted by Crippen LogP contribution is -2.33. The predicted octanol–water partition coefficient (Wildman–Crippen LogP) is -2.62. The maximum absolute atomic E-state index is 12.4. The van der Waals surface area contributed by atoms with Gasteiger partial charge in [0.05, 0.1) is 25.4 Å². The van der Waals surface area contributed by atoms with Gasteiger partial charge in [-0.15, -0.1) is 0 Å². The second kappa shape index (κ2) is 14.6. The number of nitrogens with zero attached hydrogens (tertiary/aromatic N) is 2. The Labute approximate surface area is 251 Å². The van der Waals surface area contributed by atoms with Crippen LogP contribution >= 0.6 is 15.4 Å². The molecule has 0 aromatic carbocycles. The Hall–Kier alpha value is -3.07. The van der Waals surface area contributed by atoms with Gasteiger partial charge in [0.2, 0.25) is 0 Å². The number of phosphoric ester groups is 1. The summed E-state index contributed by atoms with van der Waals surface area (Å²) in [5.74, 6) is -1.49. The molecule has 2 aliphatic heterocycles. The van der Waals surface area contributed by atoms with Crippen molar-refractivity contribution in [2.45, 2.75) is 63.6 Å². The molecule has 2 saturated heterocycles. The van der Waals surface area contributed by atoms with Crippen molar-refractivity contribution in [2.24, 2.45) is 0 Å². The van der Waals surface area contributed by atoms with Gasteiger partial charge in [0, 0.05) is 36.4 Å². The lowest BCUT2D eigenvalue weighted by Gasteiger charge is -2.20. The highest BCUT2D eigenvalue weighted by molar-refractivity contribution is 7.52. The van der Waals surface area contributed by atoms with Crippen LogP contribution in [-0.2, 0) is 32.4 Å². The molecule has 8 N–H and O–H groups in total. The predicted molar refractivity (Wildman–Crippen MR) is 147 cm³/mol. The topological polar surface area (TPSA) is 319 Å². The first-order chi connectivity index (χ1) is 20.8. The monoisotopic (exact) mass is 686 g/mol. The number of aliphatic hydroxyl groups excluding tert-OH is 2. The van der Waals surface area contributed by atoms with E-state index in [2.05, 4.69) is 9.97 Å². The van der Waals surface area contributed by atoms with Crippen molar-refractivity contribution in [3.8, 4) is 0 Å². The summed E-state index contributed by atoms with van der Waals surface area (Å²) in [5.41, 5.74) is -2.07. The lowest BCUT2D eigenvalue weighted by molar-refractivity contribution is -0.134. The number of nitrogens with one attached hydrogen (secondary N) is 2. The fraction of sp³-hybridized carbons (Fsp3) is 0.591. The number of hydrogen-bond donors (Lipinski definition) is 8. The fourth-order valence-electron chi connectivity index (χ4n) is 4.22. The van der Waals surface area contributed by atoms with E-state index >= 15 is 0 Å². The quantitative estimate of drug-likeness (QED) is 0.119. The molecule has 2 aliphatic rings. The molecule has 2 fully saturated rings. The summed E-state index contributed by atoms with van der Waals surface area (Å²) in [5, 5.41) is 28.3. The van der Waals surface area contributed by atoms with Crippen molar-refractivity contribution in [2.75, 3.05) is 19.4 Å². The fourth-order valence-corrected chi connectivity index (χ4v) is 5.32. The van der Waals surface area contributed by atoms with E-state index in [1.165, 1.54) is 26.2 Å². The normalized spacial score (nSPS) is 25.1. The molecular formula is C22H32N4O17P2. The number of aromatic nitrogens is 4. The number of aryl methyl sites for hydroxylation is 2. The van der Waals surface area contributed by atoms with E-state index in [-0.39, 0.29) is 24.0 Å². The van der Waals surface area contributed by atoms with E-state index in [0.29, 0.717) is 0 Å². The van der Waals surface area contributed by atoms with Crippen molar-refractivity contribution in [1.29, 1.82) is 0 Å². The molecule has 2 aromatic rings. The molecule has 0 aliphatic carbocycles. The van der Waals surface area contributed by atoms with Crippen LogP contribution in [0.15, 0.2) is 31.6 Å². The minimum absolute atomic E-state index is 0.0386. The van der Waals surface area contributed by atoms with Gasteiger partial charge >= 0.3 is 32.8 Å². The zero-order chi connectivity index (χ0) is 33.9. The van der Waals surface area contributed by atoms with Crippen molar-refractivity contribution in [3.63, 3.8) is 0 Å². The first kappa shape index (κ1) is 36.4. The Morgan fingerprint density at radius 1 is 0.844 bits per heavy atom. The average Bonchev–Trinajstić information content (AvgIpc) is 3.46. The van der Waals surface area contributed by atoms with Crippen LogP contribution in [0, 0.1) is 13.8 Å². The molecule has 252 valence electrons. The molecule has 0 amide bonds. The Morgan fingerprint density at radius 2 is 1.22 bits per heavy atom. The number of aliphatic carboxylic acids is 1. The van der Waals surface area contributed by atoms with E-state index < -0.39 is 100 Å². The smallest absolute Gasteiger partial charge is 0.472 e. The van der Waals surface area contributed by atoms with Gasteiger partial charge in [-0.05, 0) is 13.8 Å². The molecule has 0 saturated carbocycles.